The summed E-state index contributed by atoms with van der Waals surface area (Å²) < 4.78 is 0. The molecule has 4 saturated carbocycles. The molecule has 7 nitrogen and oxygen atoms in total. The van der Waals surface area contributed by atoms with E-state index < -0.39 is 11.9 Å². The number of carbonyl (C=O) groups is 3. The Kier molecular flexibility index (Phi) is 7.39. The van der Waals surface area contributed by atoms with Crippen LogP contribution in [0.4, 0.5) is 5.13 Å². The number of aromatic carboxylic acids is 2. The van der Waals surface area contributed by atoms with Gasteiger partial charge in [0, 0.05) is 4.88 Å². The number of hydrogen-bond donors (Lipinski definition) is 3. The van der Waals surface area contributed by atoms with Crippen molar-refractivity contribution in [1.82, 2.24) is 4.98 Å². The number of carboxylic acids is 2. The van der Waals surface area contributed by atoms with Crippen molar-refractivity contribution in [1.29, 1.82) is 0 Å². The van der Waals surface area contributed by atoms with Gasteiger partial charge in [-0.15, -0.1) is 11.3 Å². The van der Waals surface area contributed by atoms with Gasteiger partial charge >= 0.3 is 11.9 Å². The van der Waals surface area contributed by atoms with Gasteiger partial charge in [-0.1, -0.05) is 52.3 Å². The first-order valence-electron chi connectivity index (χ1n) is 17.3. The number of hydrogen-bond acceptors (Lipinski definition) is 5. The Hall–Kier alpha value is -3.00. The van der Waals surface area contributed by atoms with Gasteiger partial charge in [-0.2, -0.15) is 0 Å². The van der Waals surface area contributed by atoms with Crippen molar-refractivity contribution in [3.63, 3.8) is 0 Å². The zero-order chi connectivity index (χ0) is 32.8. The number of fused-ring (bicyclic) bond motifs is 7. The van der Waals surface area contributed by atoms with E-state index >= 15 is 0 Å². The molecule has 1 heterocycles. The van der Waals surface area contributed by atoms with E-state index in [9.17, 15) is 24.6 Å². The van der Waals surface area contributed by atoms with Crippen LogP contribution in [0, 0.1) is 58.2 Å². The third kappa shape index (κ3) is 4.48. The normalized spacial score (nSPS) is 37.6. The molecule has 7 rings (SSSR count). The Morgan fingerprint density at radius 1 is 0.848 bits per heavy atom. The molecule has 5 aliphatic rings. The van der Waals surface area contributed by atoms with E-state index in [1.54, 1.807) is 19.1 Å². The van der Waals surface area contributed by atoms with Gasteiger partial charge in [-0.05, 0) is 134 Å². The number of carboxylic acid groups (broad SMARTS) is 2. The van der Waals surface area contributed by atoms with Crippen molar-refractivity contribution < 1.29 is 24.6 Å². The predicted octanol–water partition coefficient (Wildman–Crippen LogP) is 8.95. The summed E-state index contributed by atoms with van der Waals surface area (Å²) in [6.45, 7) is 11.7. The quantitative estimate of drug-likeness (QED) is 0.299. The Morgan fingerprint density at radius 2 is 1.59 bits per heavy atom. The van der Waals surface area contributed by atoms with Crippen molar-refractivity contribution in [3.05, 3.63) is 52.0 Å². The molecule has 246 valence electrons. The Bertz CT molecular complexity index is 1630. The van der Waals surface area contributed by atoms with Crippen LogP contribution in [0.15, 0.2) is 30.3 Å². The fourth-order valence-corrected chi connectivity index (χ4v) is 13.2. The number of aromatic nitrogens is 1. The number of aryl methyl sites for hydroxylation is 1. The first kappa shape index (κ1) is 31.6. The van der Waals surface area contributed by atoms with E-state index in [1.165, 1.54) is 42.6 Å². The molecule has 1 amide bonds. The lowest BCUT2D eigenvalue weighted by Crippen LogP contribution is -2.61. The number of amides is 1. The Labute approximate surface area is 276 Å². The molecule has 5 aliphatic carbocycles. The van der Waals surface area contributed by atoms with E-state index in [4.69, 9.17) is 0 Å². The maximum atomic E-state index is 14.1. The zero-order valence-electron chi connectivity index (χ0n) is 27.8. The third-order valence-electron chi connectivity index (χ3n) is 14.2. The molecule has 2 aromatic rings. The fraction of sp³-hybridized carbons (Fsp3) is 0.632. The van der Waals surface area contributed by atoms with E-state index in [-0.39, 0.29) is 33.3 Å². The van der Waals surface area contributed by atoms with Crippen LogP contribution in [0.3, 0.4) is 0 Å². The summed E-state index contributed by atoms with van der Waals surface area (Å²) in [5.74, 6) is 0.830. The average Bonchev–Trinajstić information content (AvgIpc) is 3.61. The largest absolute Gasteiger partial charge is 0.478 e. The van der Waals surface area contributed by atoms with Crippen LogP contribution < -0.4 is 5.32 Å². The van der Waals surface area contributed by atoms with Crippen molar-refractivity contribution in [3.8, 4) is 0 Å². The average molecular weight is 645 g/mol. The molecule has 0 aliphatic heterocycles. The molecule has 4 unspecified atom stereocenters. The number of thiazole rings is 1. The molecule has 3 N–H and O–H groups in total. The smallest absolute Gasteiger partial charge is 0.355 e. The summed E-state index contributed by atoms with van der Waals surface area (Å²) in [6.07, 6.45) is 13.4. The van der Waals surface area contributed by atoms with Crippen LogP contribution in [0.2, 0.25) is 0 Å². The topological polar surface area (TPSA) is 117 Å². The molecule has 0 bridgehead atoms. The highest BCUT2D eigenvalue weighted by Gasteiger charge is 2.66. The van der Waals surface area contributed by atoms with Gasteiger partial charge in [-0.3, -0.25) is 4.79 Å². The SMILES string of the molecule is Cc1sc(NC(=O)[C@]23CCCC2[C@H]2CCC4[C@@](C)(CCC5C(C)(C)C(c6ccc(C(=O)O)cc6)=CC[C@@]54C)C2CC3)nc1C(=O)O. The van der Waals surface area contributed by atoms with Crippen LogP contribution >= 0.6 is 11.3 Å². The van der Waals surface area contributed by atoms with Gasteiger partial charge in [0.15, 0.2) is 10.8 Å². The standard InChI is InChI=1S/C38H48N2O5S/c1-21-30(32(43)44)39-34(46-21)40-33(45)38-17-6-7-27(38)24-12-13-29-36(4,26(24)15-20-38)19-16-28-35(2,3)25(14-18-37(28,29)5)22-8-10-23(11-9-22)31(41)42/h8-11,14,24,26-29H,6-7,12-13,15-20H2,1-5H3,(H,41,42)(H,43,44)(H,39,40,45)/t24-,26?,27?,28?,29?,36-,37-,38-/m0/s1. The minimum Gasteiger partial charge on any atom is -0.478 e. The molecule has 0 saturated heterocycles. The van der Waals surface area contributed by atoms with Crippen LogP contribution in [-0.2, 0) is 4.79 Å². The van der Waals surface area contributed by atoms with Gasteiger partial charge in [-0.25, -0.2) is 14.6 Å². The minimum atomic E-state index is -1.05. The Balaban J connectivity index is 1.14. The lowest BCUT2D eigenvalue weighted by atomic mass is 9.36. The summed E-state index contributed by atoms with van der Waals surface area (Å²) >= 11 is 1.26. The molecular weight excluding hydrogens is 596 g/mol. The number of nitrogens with one attached hydrogen (secondary N) is 1. The summed E-state index contributed by atoms with van der Waals surface area (Å²) in [7, 11) is 0. The summed E-state index contributed by atoms with van der Waals surface area (Å²) in [5, 5.41) is 22.4. The predicted molar refractivity (Wildman–Crippen MR) is 180 cm³/mol. The number of benzene rings is 1. The van der Waals surface area contributed by atoms with E-state index in [1.807, 2.05) is 12.1 Å². The zero-order valence-corrected chi connectivity index (χ0v) is 28.6. The highest BCUT2D eigenvalue weighted by molar-refractivity contribution is 7.16. The maximum Gasteiger partial charge on any atom is 0.355 e. The number of rotatable bonds is 5. The first-order chi connectivity index (χ1) is 21.7. The monoisotopic (exact) mass is 644 g/mol. The number of carbonyl (C=O) groups excluding carboxylic acids is 1. The van der Waals surface area contributed by atoms with Crippen LogP contribution in [0.1, 0.15) is 123 Å². The number of allylic oxidation sites excluding steroid dienone is 2. The highest BCUT2D eigenvalue weighted by atomic mass is 32.1. The molecular formula is C38H48N2O5S. The van der Waals surface area contributed by atoms with Crippen molar-refractivity contribution in [2.24, 2.45) is 51.2 Å². The second-order valence-corrected chi connectivity index (χ2v) is 17.5. The van der Waals surface area contributed by atoms with Gasteiger partial charge in [0.25, 0.3) is 0 Å². The summed E-state index contributed by atoms with van der Waals surface area (Å²) in [6, 6.07) is 7.45. The third-order valence-corrected chi connectivity index (χ3v) is 15.1. The minimum absolute atomic E-state index is 0.0180. The molecule has 4 fully saturated rings. The second-order valence-electron chi connectivity index (χ2n) is 16.3. The van der Waals surface area contributed by atoms with Crippen molar-refractivity contribution >= 4 is 39.9 Å². The fourth-order valence-electron chi connectivity index (χ4n) is 12.4. The molecule has 0 radical (unpaired) electrons. The molecule has 8 heteroatoms. The highest BCUT2D eigenvalue weighted by Crippen LogP contribution is 2.73. The lowest BCUT2D eigenvalue weighted by Gasteiger charge is -2.68. The van der Waals surface area contributed by atoms with E-state index in [0.29, 0.717) is 45.2 Å². The molecule has 8 atom stereocenters. The first-order valence-corrected chi connectivity index (χ1v) is 18.1. The van der Waals surface area contributed by atoms with Crippen molar-refractivity contribution in [2.45, 2.75) is 98.8 Å². The van der Waals surface area contributed by atoms with Gasteiger partial charge in [0.1, 0.15) is 0 Å². The summed E-state index contributed by atoms with van der Waals surface area (Å²) in [4.78, 5) is 42.0. The van der Waals surface area contributed by atoms with Crippen molar-refractivity contribution in [2.75, 3.05) is 5.32 Å². The van der Waals surface area contributed by atoms with Gasteiger partial charge < -0.3 is 15.5 Å². The van der Waals surface area contributed by atoms with Gasteiger partial charge in [0.2, 0.25) is 5.91 Å². The number of nitrogens with zero attached hydrogens (tertiary/aromatic N) is 1. The lowest BCUT2D eigenvalue weighted by molar-refractivity contribution is -0.180. The van der Waals surface area contributed by atoms with Crippen LogP contribution in [-0.4, -0.2) is 33.0 Å². The molecule has 46 heavy (non-hydrogen) atoms. The number of anilines is 1. The van der Waals surface area contributed by atoms with Crippen LogP contribution in [0.25, 0.3) is 5.57 Å². The summed E-state index contributed by atoms with van der Waals surface area (Å²) in [5.41, 5.74) is 2.90. The van der Waals surface area contributed by atoms with E-state index in [2.05, 4.69) is 44.1 Å². The van der Waals surface area contributed by atoms with Gasteiger partial charge in [0.05, 0.1) is 11.0 Å². The molecule has 1 aromatic carbocycles. The van der Waals surface area contributed by atoms with E-state index in [0.717, 1.165) is 44.1 Å². The molecule has 0 spiro atoms. The Morgan fingerprint density at radius 3 is 2.26 bits per heavy atom. The molecule has 1 aromatic heterocycles. The van der Waals surface area contributed by atoms with Crippen LogP contribution in [0.5, 0.6) is 0 Å². The maximum absolute atomic E-state index is 14.1. The second kappa shape index (κ2) is 10.8.